The number of benzene rings is 2. The van der Waals surface area contributed by atoms with Crippen LogP contribution in [0.1, 0.15) is 38.2 Å². The Bertz CT molecular complexity index is 1100. The molecule has 9 heteroatoms. The van der Waals surface area contributed by atoms with E-state index in [0.29, 0.717) is 0 Å². The lowest BCUT2D eigenvalue weighted by Gasteiger charge is -2.40. The molecule has 0 spiro atoms. The topological polar surface area (TPSA) is 68.5 Å². The summed E-state index contributed by atoms with van der Waals surface area (Å²) >= 11 is 6.21. The van der Waals surface area contributed by atoms with Gasteiger partial charge in [-0.25, -0.2) is 4.68 Å². The Morgan fingerprint density at radius 2 is 1.75 bits per heavy atom. The van der Waals surface area contributed by atoms with Crippen molar-refractivity contribution in [2.45, 2.75) is 32.4 Å². The smallest absolute Gasteiger partial charge is 0.231 e. The van der Waals surface area contributed by atoms with Crippen molar-refractivity contribution in [1.29, 1.82) is 0 Å². The van der Waals surface area contributed by atoms with Gasteiger partial charge >= 0.3 is 0 Å². The Hall–Kier alpha value is -2.84. The summed E-state index contributed by atoms with van der Waals surface area (Å²) in [6.45, 7) is 10.1. The van der Waals surface area contributed by atoms with Crippen molar-refractivity contribution in [3.05, 3.63) is 58.9 Å². The molecule has 32 heavy (non-hydrogen) atoms. The van der Waals surface area contributed by atoms with Gasteiger partial charge in [-0.2, -0.15) is 0 Å². The number of hydrogen-bond acceptors (Lipinski definition) is 7. The van der Waals surface area contributed by atoms with Crippen molar-refractivity contribution in [1.82, 2.24) is 25.1 Å². The molecule has 0 radical (unpaired) electrons. The zero-order valence-electron chi connectivity index (χ0n) is 18.5. The van der Waals surface area contributed by atoms with Crippen molar-refractivity contribution in [3.63, 3.8) is 0 Å². The van der Waals surface area contributed by atoms with Crippen LogP contribution in [0.3, 0.4) is 0 Å². The quantitative estimate of drug-likeness (QED) is 0.595. The molecular weight excluding hydrogens is 428 g/mol. The van der Waals surface area contributed by atoms with Gasteiger partial charge in [-0.3, -0.25) is 4.90 Å². The van der Waals surface area contributed by atoms with Crippen molar-refractivity contribution in [2.75, 3.05) is 37.9 Å². The van der Waals surface area contributed by atoms with Gasteiger partial charge in [-0.1, -0.05) is 23.7 Å². The van der Waals surface area contributed by atoms with E-state index in [1.54, 1.807) is 0 Å². The molecule has 1 fully saturated rings. The summed E-state index contributed by atoms with van der Waals surface area (Å²) in [4.78, 5) is 4.80. The Kier molecular flexibility index (Phi) is 5.43. The molecule has 0 bridgehead atoms. The van der Waals surface area contributed by atoms with Crippen molar-refractivity contribution in [2.24, 2.45) is 0 Å². The molecule has 3 aromatic rings. The first-order valence-electron chi connectivity index (χ1n) is 10.8. The van der Waals surface area contributed by atoms with Gasteiger partial charge in [0.25, 0.3) is 0 Å². The molecular formula is C23H27ClN6O2. The minimum atomic E-state index is -0.240. The monoisotopic (exact) mass is 454 g/mol. The van der Waals surface area contributed by atoms with Crippen LogP contribution in [0.15, 0.2) is 42.5 Å². The highest BCUT2D eigenvalue weighted by molar-refractivity contribution is 6.30. The SMILES string of the molecule is CC(C)(C)n1nnnc1C(c1ccc2c(c1)OCO2)N1CCN(c2cccc(Cl)c2)CC1. The fraction of sp³-hybridized carbons (Fsp3) is 0.435. The van der Waals surface area contributed by atoms with Gasteiger partial charge in [0, 0.05) is 36.9 Å². The van der Waals surface area contributed by atoms with Crippen LogP contribution in [0.25, 0.3) is 0 Å². The third kappa shape index (κ3) is 4.00. The van der Waals surface area contributed by atoms with Crippen LogP contribution >= 0.6 is 11.6 Å². The first-order valence-corrected chi connectivity index (χ1v) is 11.2. The molecule has 3 heterocycles. The number of hydrogen-bond donors (Lipinski definition) is 0. The van der Waals surface area contributed by atoms with Gasteiger partial charge in [0.15, 0.2) is 17.3 Å². The summed E-state index contributed by atoms with van der Waals surface area (Å²) in [7, 11) is 0. The molecule has 1 saturated heterocycles. The van der Waals surface area contributed by atoms with Crippen molar-refractivity contribution >= 4 is 17.3 Å². The van der Waals surface area contributed by atoms with E-state index in [9.17, 15) is 0 Å². The van der Waals surface area contributed by atoms with E-state index in [1.165, 1.54) is 0 Å². The number of piperazine rings is 1. The first-order chi connectivity index (χ1) is 15.4. The maximum absolute atomic E-state index is 6.21. The Morgan fingerprint density at radius 1 is 0.969 bits per heavy atom. The molecule has 1 atom stereocenters. The van der Waals surface area contributed by atoms with Crippen LogP contribution in [-0.2, 0) is 5.54 Å². The second-order valence-electron chi connectivity index (χ2n) is 9.14. The van der Waals surface area contributed by atoms with Crippen LogP contribution in [-0.4, -0.2) is 58.1 Å². The summed E-state index contributed by atoms with van der Waals surface area (Å²) in [5, 5.41) is 13.6. The fourth-order valence-electron chi connectivity index (χ4n) is 4.36. The minimum Gasteiger partial charge on any atom is -0.454 e. The average molecular weight is 455 g/mol. The highest BCUT2D eigenvalue weighted by atomic mass is 35.5. The Balaban J connectivity index is 1.47. The van der Waals surface area contributed by atoms with Crippen molar-refractivity contribution < 1.29 is 9.47 Å². The molecule has 168 valence electrons. The van der Waals surface area contributed by atoms with E-state index in [4.69, 9.17) is 21.1 Å². The minimum absolute atomic E-state index is 0.0970. The molecule has 5 rings (SSSR count). The molecule has 0 aliphatic carbocycles. The van der Waals surface area contributed by atoms with E-state index in [-0.39, 0.29) is 18.4 Å². The zero-order valence-corrected chi connectivity index (χ0v) is 19.3. The lowest BCUT2D eigenvalue weighted by molar-refractivity contribution is 0.173. The van der Waals surface area contributed by atoms with Gasteiger partial charge in [0.2, 0.25) is 6.79 Å². The maximum atomic E-state index is 6.21. The lowest BCUT2D eigenvalue weighted by Crippen LogP contribution is -2.48. The number of rotatable bonds is 4. The molecule has 1 unspecified atom stereocenters. The van der Waals surface area contributed by atoms with Crippen LogP contribution < -0.4 is 14.4 Å². The Morgan fingerprint density at radius 3 is 2.50 bits per heavy atom. The van der Waals surface area contributed by atoms with E-state index in [2.05, 4.69) is 64.3 Å². The summed E-state index contributed by atoms with van der Waals surface area (Å²) in [6, 6.07) is 14.0. The van der Waals surface area contributed by atoms with Crippen LogP contribution in [0.5, 0.6) is 11.5 Å². The summed E-state index contributed by atoms with van der Waals surface area (Å²) in [5.74, 6) is 2.36. The Labute approximate surface area is 192 Å². The molecule has 2 aliphatic rings. The molecule has 2 aromatic carbocycles. The standard InChI is InChI=1S/C23H27ClN6O2/c1-23(2,3)30-22(25-26-27-30)21(16-7-8-19-20(13-16)32-15-31-19)29-11-9-28(10-12-29)18-6-4-5-17(24)14-18/h4-8,13-14,21H,9-12,15H2,1-3H3. The molecule has 1 aromatic heterocycles. The third-order valence-corrected chi connectivity index (χ3v) is 6.17. The van der Waals surface area contributed by atoms with E-state index < -0.39 is 0 Å². The van der Waals surface area contributed by atoms with Gasteiger partial charge in [-0.15, -0.1) is 5.10 Å². The first kappa shape index (κ1) is 21.0. The van der Waals surface area contributed by atoms with Gasteiger partial charge in [0.1, 0.15) is 0 Å². The number of nitrogens with zero attached hydrogens (tertiary/aromatic N) is 6. The molecule has 0 N–H and O–H groups in total. The number of aromatic nitrogens is 4. The number of anilines is 1. The van der Waals surface area contributed by atoms with Crippen LogP contribution in [0.4, 0.5) is 5.69 Å². The highest BCUT2D eigenvalue weighted by Crippen LogP contribution is 2.38. The fourth-order valence-corrected chi connectivity index (χ4v) is 4.54. The maximum Gasteiger partial charge on any atom is 0.231 e. The van der Waals surface area contributed by atoms with Gasteiger partial charge in [0.05, 0.1) is 11.6 Å². The van der Waals surface area contributed by atoms with Gasteiger partial charge < -0.3 is 14.4 Å². The predicted octanol–water partition coefficient (Wildman–Crippen LogP) is 3.72. The molecule has 2 aliphatic heterocycles. The number of ether oxygens (including phenoxy) is 2. The summed E-state index contributed by atoms with van der Waals surface area (Å²) < 4.78 is 13.1. The number of tetrazole rings is 1. The summed E-state index contributed by atoms with van der Waals surface area (Å²) in [6.07, 6.45) is 0. The molecule has 0 amide bonds. The van der Waals surface area contributed by atoms with Crippen molar-refractivity contribution in [3.8, 4) is 11.5 Å². The average Bonchev–Trinajstić information content (AvgIpc) is 3.44. The highest BCUT2D eigenvalue weighted by Gasteiger charge is 2.34. The largest absolute Gasteiger partial charge is 0.454 e. The van der Waals surface area contributed by atoms with E-state index >= 15 is 0 Å². The third-order valence-electron chi connectivity index (χ3n) is 5.94. The zero-order chi connectivity index (χ0) is 22.3. The second-order valence-corrected chi connectivity index (χ2v) is 9.57. The number of halogens is 1. The number of fused-ring (bicyclic) bond motifs is 1. The summed E-state index contributed by atoms with van der Waals surface area (Å²) in [5.41, 5.74) is 2.00. The van der Waals surface area contributed by atoms with E-state index in [1.807, 2.05) is 28.9 Å². The van der Waals surface area contributed by atoms with E-state index in [0.717, 1.165) is 59.8 Å². The normalized spacial score (nSPS) is 17.6. The lowest BCUT2D eigenvalue weighted by atomic mass is 10.0. The second kappa shape index (κ2) is 8.26. The van der Waals surface area contributed by atoms with Crippen LogP contribution in [0.2, 0.25) is 5.02 Å². The van der Waals surface area contributed by atoms with Gasteiger partial charge in [-0.05, 0) is 67.1 Å². The molecule has 0 saturated carbocycles. The molecule has 8 nitrogen and oxygen atoms in total. The predicted molar refractivity (Wildman–Crippen MR) is 122 cm³/mol. The van der Waals surface area contributed by atoms with Crippen LogP contribution in [0, 0.1) is 0 Å².